The number of halogens is 3. The fraction of sp³-hybridized carbons (Fsp3) is 0.115. The van der Waals surface area contributed by atoms with E-state index < -0.39 is 11.9 Å². The number of nitrogens with zero attached hydrogens (tertiary/aromatic N) is 3. The Hall–Kier alpha value is -4.40. The van der Waals surface area contributed by atoms with Crippen molar-refractivity contribution in [2.24, 2.45) is 0 Å². The average Bonchev–Trinajstić information content (AvgIpc) is 3.37. The fourth-order valence-corrected chi connectivity index (χ4v) is 3.63. The van der Waals surface area contributed by atoms with Gasteiger partial charge in [-0.1, -0.05) is 18.2 Å². The number of benzene rings is 2. The number of rotatable bonds is 6. The zero-order valence-corrected chi connectivity index (χ0v) is 18.5. The molecule has 0 aliphatic carbocycles. The van der Waals surface area contributed by atoms with Crippen molar-refractivity contribution in [2.75, 3.05) is 12.4 Å². The van der Waals surface area contributed by atoms with Gasteiger partial charge in [-0.25, -0.2) is 9.97 Å². The van der Waals surface area contributed by atoms with E-state index in [2.05, 4.69) is 20.3 Å². The molecule has 0 fully saturated rings. The van der Waals surface area contributed by atoms with Crippen molar-refractivity contribution in [3.8, 4) is 28.3 Å². The first-order valence-corrected chi connectivity index (χ1v) is 10.7. The molecule has 1 N–H and O–H groups in total. The molecule has 0 saturated carbocycles. The van der Waals surface area contributed by atoms with Gasteiger partial charge < -0.3 is 14.5 Å². The van der Waals surface area contributed by atoms with Gasteiger partial charge in [0.15, 0.2) is 5.82 Å². The Morgan fingerprint density at radius 3 is 2.40 bits per heavy atom. The van der Waals surface area contributed by atoms with Crippen molar-refractivity contribution in [3.05, 3.63) is 90.6 Å². The second kappa shape index (κ2) is 9.09. The Labute approximate surface area is 198 Å². The van der Waals surface area contributed by atoms with Crippen molar-refractivity contribution in [1.82, 2.24) is 15.0 Å². The molecule has 6 nitrogen and oxygen atoms in total. The molecule has 176 valence electrons. The van der Waals surface area contributed by atoms with Crippen LogP contribution < -0.4 is 10.1 Å². The van der Waals surface area contributed by atoms with Crippen LogP contribution in [0.4, 0.5) is 19.0 Å². The highest BCUT2D eigenvalue weighted by atomic mass is 19.4. The van der Waals surface area contributed by atoms with Crippen LogP contribution in [0, 0.1) is 0 Å². The lowest BCUT2D eigenvalue weighted by atomic mass is 10.0. The highest BCUT2D eigenvalue weighted by Gasteiger charge is 2.34. The first-order valence-electron chi connectivity index (χ1n) is 10.7. The van der Waals surface area contributed by atoms with E-state index in [1.165, 1.54) is 6.07 Å². The number of aromatic nitrogens is 3. The molecule has 2 aromatic carbocycles. The SMILES string of the molecule is CNc1nc(-c2cccnc2)nc2ccc(-c3ccc(OCc4ccc(C(F)(F)F)o4)cc3)cc12. The minimum Gasteiger partial charge on any atom is -0.486 e. The van der Waals surface area contributed by atoms with E-state index in [-0.39, 0.29) is 12.4 Å². The van der Waals surface area contributed by atoms with Gasteiger partial charge in [-0.3, -0.25) is 4.98 Å². The third kappa shape index (κ3) is 4.79. The summed E-state index contributed by atoms with van der Waals surface area (Å²) in [5.74, 6) is 0.858. The summed E-state index contributed by atoms with van der Waals surface area (Å²) in [6, 6.07) is 19.1. The summed E-state index contributed by atoms with van der Waals surface area (Å²) in [5, 5.41) is 4.01. The summed E-state index contributed by atoms with van der Waals surface area (Å²) in [6.07, 6.45) is -1.09. The lowest BCUT2D eigenvalue weighted by molar-refractivity contribution is -0.153. The first kappa shape index (κ1) is 22.4. The molecule has 3 heterocycles. The van der Waals surface area contributed by atoms with Gasteiger partial charge >= 0.3 is 6.18 Å². The fourth-order valence-electron chi connectivity index (χ4n) is 3.63. The second-order valence-electron chi connectivity index (χ2n) is 7.70. The minimum atomic E-state index is -4.52. The van der Waals surface area contributed by atoms with Gasteiger partial charge in [-0.2, -0.15) is 13.2 Å². The molecule has 5 aromatic rings. The largest absolute Gasteiger partial charge is 0.486 e. The first-order chi connectivity index (χ1) is 16.9. The zero-order chi connectivity index (χ0) is 24.4. The van der Waals surface area contributed by atoms with Crippen LogP contribution in [0.3, 0.4) is 0 Å². The predicted octanol–water partition coefficient (Wildman–Crippen LogP) is 6.59. The van der Waals surface area contributed by atoms with Crippen molar-refractivity contribution in [1.29, 1.82) is 0 Å². The van der Waals surface area contributed by atoms with Gasteiger partial charge in [0, 0.05) is 30.4 Å². The summed E-state index contributed by atoms with van der Waals surface area (Å²) in [6.45, 7) is -0.104. The number of hydrogen-bond donors (Lipinski definition) is 1. The number of alkyl halides is 3. The quantitative estimate of drug-likeness (QED) is 0.298. The molecule has 0 unspecified atom stereocenters. The normalized spacial score (nSPS) is 11.5. The Morgan fingerprint density at radius 2 is 1.71 bits per heavy atom. The van der Waals surface area contributed by atoms with Gasteiger partial charge in [0.1, 0.15) is 23.9 Å². The van der Waals surface area contributed by atoms with Crippen molar-refractivity contribution < 1.29 is 22.3 Å². The summed E-state index contributed by atoms with van der Waals surface area (Å²) < 4.78 is 48.4. The monoisotopic (exact) mass is 476 g/mol. The molecule has 0 aliphatic rings. The van der Waals surface area contributed by atoms with Gasteiger partial charge in [-0.15, -0.1) is 0 Å². The molecule has 0 atom stereocenters. The number of nitrogens with one attached hydrogen (secondary N) is 1. The van der Waals surface area contributed by atoms with Crippen molar-refractivity contribution >= 4 is 16.7 Å². The van der Waals surface area contributed by atoms with Crippen molar-refractivity contribution in [3.63, 3.8) is 0 Å². The van der Waals surface area contributed by atoms with E-state index in [4.69, 9.17) is 9.15 Å². The highest BCUT2D eigenvalue weighted by Crippen LogP contribution is 2.32. The van der Waals surface area contributed by atoms with Gasteiger partial charge in [-0.05, 0) is 59.7 Å². The molecular weight excluding hydrogens is 457 g/mol. The standard InChI is InChI=1S/C26H19F3N4O2/c1-30-25-21-13-17(6-10-22(21)32-24(33-25)18-3-2-12-31-14-18)16-4-7-19(8-5-16)34-15-20-9-11-23(35-20)26(27,28)29/h2-14H,15H2,1H3,(H,30,32,33). The number of pyridine rings is 1. The van der Waals surface area contributed by atoms with E-state index in [0.29, 0.717) is 17.4 Å². The lowest BCUT2D eigenvalue weighted by Gasteiger charge is -2.11. The summed E-state index contributed by atoms with van der Waals surface area (Å²) in [5.41, 5.74) is 3.52. The molecule has 35 heavy (non-hydrogen) atoms. The molecule has 0 spiro atoms. The summed E-state index contributed by atoms with van der Waals surface area (Å²) in [4.78, 5) is 13.5. The highest BCUT2D eigenvalue weighted by molar-refractivity contribution is 5.93. The smallest absolute Gasteiger partial charge is 0.449 e. The molecule has 5 rings (SSSR count). The lowest BCUT2D eigenvalue weighted by Crippen LogP contribution is -2.02. The zero-order valence-electron chi connectivity index (χ0n) is 18.5. The molecule has 3 aromatic heterocycles. The van der Waals surface area contributed by atoms with Gasteiger partial charge in [0.05, 0.1) is 5.52 Å². The predicted molar refractivity (Wildman–Crippen MR) is 126 cm³/mol. The van der Waals surface area contributed by atoms with E-state index >= 15 is 0 Å². The van der Waals surface area contributed by atoms with E-state index in [1.54, 1.807) is 24.5 Å². The minimum absolute atomic E-state index is 0.0983. The molecule has 9 heteroatoms. The average molecular weight is 476 g/mol. The third-order valence-corrected chi connectivity index (χ3v) is 5.36. The van der Waals surface area contributed by atoms with E-state index in [1.807, 2.05) is 49.5 Å². The summed E-state index contributed by atoms with van der Waals surface area (Å²) >= 11 is 0. The molecule has 0 radical (unpaired) electrons. The van der Waals surface area contributed by atoms with Crippen LogP contribution >= 0.6 is 0 Å². The maximum Gasteiger partial charge on any atom is 0.449 e. The van der Waals surface area contributed by atoms with Crippen LogP contribution in [0.2, 0.25) is 0 Å². The Morgan fingerprint density at radius 1 is 0.914 bits per heavy atom. The Bertz CT molecular complexity index is 1470. The number of fused-ring (bicyclic) bond motifs is 1. The number of hydrogen-bond acceptors (Lipinski definition) is 6. The van der Waals surface area contributed by atoms with Crippen molar-refractivity contribution in [2.45, 2.75) is 12.8 Å². The third-order valence-electron chi connectivity index (χ3n) is 5.36. The molecule has 0 saturated heterocycles. The maximum absolute atomic E-state index is 12.7. The van der Waals surface area contributed by atoms with E-state index in [9.17, 15) is 13.2 Å². The number of ether oxygens (including phenoxy) is 1. The van der Waals surface area contributed by atoms with E-state index in [0.717, 1.165) is 33.7 Å². The molecular formula is C26H19F3N4O2. The number of furan rings is 1. The van der Waals surface area contributed by atoms with Crippen LogP contribution in [0.15, 0.2) is 83.5 Å². The second-order valence-corrected chi connectivity index (χ2v) is 7.70. The number of anilines is 1. The molecule has 0 aliphatic heterocycles. The molecule has 0 bridgehead atoms. The van der Waals surface area contributed by atoms with Crippen LogP contribution in [0.25, 0.3) is 33.4 Å². The Kier molecular flexibility index (Phi) is 5.82. The van der Waals surface area contributed by atoms with Crippen LogP contribution in [-0.4, -0.2) is 22.0 Å². The van der Waals surface area contributed by atoms with Gasteiger partial charge in [0.2, 0.25) is 5.76 Å². The summed E-state index contributed by atoms with van der Waals surface area (Å²) in [7, 11) is 1.81. The topological polar surface area (TPSA) is 73.1 Å². The Balaban J connectivity index is 1.36. The van der Waals surface area contributed by atoms with Crippen LogP contribution in [0.5, 0.6) is 5.75 Å². The van der Waals surface area contributed by atoms with Crippen LogP contribution in [0.1, 0.15) is 11.5 Å². The van der Waals surface area contributed by atoms with Gasteiger partial charge in [0.25, 0.3) is 0 Å². The molecule has 0 amide bonds. The maximum atomic E-state index is 12.7. The van der Waals surface area contributed by atoms with Crippen LogP contribution in [-0.2, 0) is 12.8 Å².